The van der Waals surface area contributed by atoms with Crippen LogP contribution in [0.4, 0.5) is 0 Å². The van der Waals surface area contributed by atoms with E-state index >= 15 is 0 Å². The first-order valence-electron chi connectivity index (χ1n) is 9.11. The van der Waals surface area contributed by atoms with E-state index < -0.39 is 18.4 Å². The maximum atomic E-state index is 12.6. The molecule has 2 aromatic carbocycles. The molecule has 150 valence electrons. The first kappa shape index (κ1) is 21.0. The number of carboxylic acid groups (broad SMARTS) is 1. The molecule has 1 saturated heterocycles. The number of thioether (sulfide) groups is 1. The minimum absolute atomic E-state index is 0.228. The number of rotatable bonds is 7. The smallest absolute Gasteiger partial charge is 0.323 e. The van der Waals surface area contributed by atoms with E-state index in [1.807, 2.05) is 72.8 Å². The molecule has 0 atom stereocenters. The van der Waals surface area contributed by atoms with Gasteiger partial charge in [0.15, 0.2) is 5.17 Å². The molecule has 0 bridgehead atoms. The maximum Gasteiger partial charge on any atom is 0.323 e. The normalized spacial score (nSPS) is 17.3. The Morgan fingerprint density at radius 3 is 2.17 bits per heavy atom. The molecule has 0 saturated carbocycles. The van der Waals surface area contributed by atoms with Crippen molar-refractivity contribution in [3.8, 4) is 0 Å². The van der Waals surface area contributed by atoms with E-state index in [1.165, 1.54) is 6.21 Å². The van der Waals surface area contributed by atoms with Gasteiger partial charge in [-0.05, 0) is 35.0 Å². The summed E-state index contributed by atoms with van der Waals surface area (Å²) in [5.41, 5.74) is 2.01. The van der Waals surface area contributed by atoms with Gasteiger partial charge in [-0.25, -0.2) is 0 Å². The molecule has 6 nitrogen and oxygen atoms in total. The first-order chi connectivity index (χ1) is 14.6. The highest BCUT2D eigenvalue weighted by Crippen LogP contribution is 2.30. The summed E-state index contributed by atoms with van der Waals surface area (Å²) in [6.45, 7) is -0.472. The molecule has 0 aromatic heterocycles. The maximum absolute atomic E-state index is 12.6. The average molecular weight is 417 g/mol. The number of allylic oxidation sites excluding steroid dienone is 3. The molecule has 0 radical (unpaired) electrons. The number of hydrogen-bond acceptors (Lipinski definition) is 5. The van der Waals surface area contributed by atoms with Crippen LogP contribution < -0.4 is 0 Å². The Labute approximate surface area is 178 Å². The van der Waals surface area contributed by atoms with E-state index in [0.717, 1.165) is 27.8 Å². The highest BCUT2D eigenvalue weighted by atomic mass is 32.2. The molecule has 1 N–H and O–H groups in total. The molecule has 0 unspecified atom stereocenters. The lowest BCUT2D eigenvalue weighted by atomic mass is 10.2. The van der Waals surface area contributed by atoms with Gasteiger partial charge in [-0.3, -0.25) is 14.5 Å². The Morgan fingerprint density at radius 2 is 1.57 bits per heavy atom. The van der Waals surface area contributed by atoms with E-state index in [-0.39, 0.29) is 5.17 Å². The van der Waals surface area contributed by atoms with Crippen molar-refractivity contribution in [2.75, 3.05) is 6.54 Å². The number of carbonyl (C=O) groups excluding carboxylic acids is 1. The van der Waals surface area contributed by atoms with E-state index in [9.17, 15) is 9.59 Å². The summed E-state index contributed by atoms with van der Waals surface area (Å²) < 4.78 is 0. The van der Waals surface area contributed by atoms with Crippen molar-refractivity contribution >= 4 is 47.2 Å². The Balaban J connectivity index is 1.72. The van der Waals surface area contributed by atoms with E-state index in [1.54, 1.807) is 18.2 Å². The van der Waals surface area contributed by atoms with Crippen molar-refractivity contribution in [3.63, 3.8) is 0 Å². The predicted octanol–water partition coefficient (Wildman–Crippen LogP) is 4.30. The summed E-state index contributed by atoms with van der Waals surface area (Å²) in [4.78, 5) is 25.2. The summed E-state index contributed by atoms with van der Waals surface area (Å²) in [7, 11) is 0. The Kier molecular flexibility index (Phi) is 7.51. The van der Waals surface area contributed by atoms with Gasteiger partial charge in [0.1, 0.15) is 6.54 Å². The van der Waals surface area contributed by atoms with Crippen LogP contribution in [-0.4, -0.2) is 39.8 Å². The number of aliphatic carboxylic acids is 1. The SMILES string of the molecule is O=C(O)CN1C(=O)/C(=C\C=C\c2ccccc2)S/C1=N/N=C\C=C\c1ccccc1. The minimum Gasteiger partial charge on any atom is -0.480 e. The van der Waals surface area contributed by atoms with Crippen molar-refractivity contribution in [3.05, 3.63) is 94.9 Å². The molecule has 1 amide bonds. The molecule has 1 aliphatic heterocycles. The molecule has 0 spiro atoms. The average Bonchev–Trinajstić information content (AvgIpc) is 3.04. The zero-order valence-electron chi connectivity index (χ0n) is 16.0. The Morgan fingerprint density at radius 1 is 0.967 bits per heavy atom. The van der Waals surface area contributed by atoms with Crippen molar-refractivity contribution in [1.29, 1.82) is 0 Å². The summed E-state index contributed by atoms with van der Waals surface area (Å²) in [5.74, 6) is -1.53. The van der Waals surface area contributed by atoms with Gasteiger partial charge in [-0.1, -0.05) is 78.9 Å². The number of hydrogen-bond donors (Lipinski definition) is 1. The zero-order chi connectivity index (χ0) is 21.2. The third-order valence-electron chi connectivity index (χ3n) is 3.90. The number of carbonyl (C=O) groups is 2. The second-order valence-corrected chi connectivity index (χ2v) is 7.11. The van der Waals surface area contributed by atoms with Crippen LogP contribution in [0.15, 0.2) is 94.0 Å². The lowest BCUT2D eigenvalue weighted by molar-refractivity contribution is -0.140. The van der Waals surface area contributed by atoms with Crippen LogP contribution in [-0.2, 0) is 9.59 Å². The first-order valence-corrected chi connectivity index (χ1v) is 9.93. The number of nitrogens with zero attached hydrogens (tertiary/aromatic N) is 3. The largest absolute Gasteiger partial charge is 0.480 e. The molecule has 3 rings (SSSR count). The van der Waals surface area contributed by atoms with Gasteiger partial charge in [0.05, 0.1) is 4.91 Å². The van der Waals surface area contributed by atoms with Crippen LogP contribution in [0.3, 0.4) is 0 Å². The highest BCUT2D eigenvalue weighted by molar-refractivity contribution is 8.18. The van der Waals surface area contributed by atoms with Crippen LogP contribution >= 0.6 is 11.8 Å². The molecule has 1 aliphatic rings. The molecule has 0 aliphatic carbocycles. The summed E-state index contributed by atoms with van der Waals surface area (Å²) in [6.07, 6.45) is 10.3. The third-order valence-corrected chi connectivity index (χ3v) is 4.92. The Hall–Kier alpha value is -3.71. The van der Waals surface area contributed by atoms with Gasteiger partial charge in [-0.2, -0.15) is 5.10 Å². The fourth-order valence-electron chi connectivity index (χ4n) is 2.52. The summed E-state index contributed by atoms with van der Waals surface area (Å²) >= 11 is 1.09. The topological polar surface area (TPSA) is 82.3 Å². The summed E-state index contributed by atoms with van der Waals surface area (Å²) in [5, 5.41) is 17.3. The van der Waals surface area contributed by atoms with Gasteiger partial charge >= 0.3 is 5.97 Å². The van der Waals surface area contributed by atoms with Gasteiger partial charge in [-0.15, -0.1) is 5.10 Å². The third kappa shape index (κ3) is 6.15. The predicted molar refractivity (Wildman–Crippen MR) is 122 cm³/mol. The fourth-order valence-corrected chi connectivity index (χ4v) is 3.41. The summed E-state index contributed by atoms with van der Waals surface area (Å²) in [6, 6.07) is 19.4. The quantitative estimate of drug-likeness (QED) is 0.414. The van der Waals surface area contributed by atoms with E-state index in [4.69, 9.17) is 5.11 Å². The molecule has 30 heavy (non-hydrogen) atoms. The molecule has 1 heterocycles. The second kappa shape index (κ2) is 10.7. The van der Waals surface area contributed by atoms with Crippen molar-refractivity contribution in [2.24, 2.45) is 10.2 Å². The van der Waals surface area contributed by atoms with Gasteiger partial charge in [0, 0.05) is 6.21 Å². The number of carboxylic acids is 1. The second-order valence-electron chi connectivity index (χ2n) is 6.10. The molecule has 7 heteroatoms. The number of amides is 1. The zero-order valence-corrected chi connectivity index (χ0v) is 16.8. The number of amidine groups is 1. The highest BCUT2D eigenvalue weighted by Gasteiger charge is 2.34. The van der Waals surface area contributed by atoms with Crippen molar-refractivity contribution in [2.45, 2.75) is 0 Å². The van der Waals surface area contributed by atoms with Crippen molar-refractivity contribution < 1.29 is 14.7 Å². The van der Waals surface area contributed by atoms with Gasteiger partial charge < -0.3 is 5.11 Å². The minimum atomic E-state index is -1.12. The van der Waals surface area contributed by atoms with Crippen LogP contribution in [0.5, 0.6) is 0 Å². The van der Waals surface area contributed by atoms with Crippen LogP contribution in [0, 0.1) is 0 Å². The monoisotopic (exact) mass is 417 g/mol. The molecule has 2 aromatic rings. The molecule has 1 fully saturated rings. The van der Waals surface area contributed by atoms with Crippen LogP contribution in [0.1, 0.15) is 11.1 Å². The lowest BCUT2D eigenvalue weighted by Crippen LogP contribution is -2.34. The standard InChI is InChI=1S/C23H19N3O3S/c27-21(28)17-26-22(29)20(15-7-13-18-9-3-1-4-10-18)30-23(26)25-24-16-8-14-19-11-5-2-6-12-19/h1-16H,17H2,(H,27,28)/b13-7+,14-8+,20-15+,24-16-,25-23+. The fraction of sp³-hybridized carbons (Fsp3) is 0.0435. The lowest BCUT2D eigenvalue weighted by Gasteiger charge is -2.10. The van der Waals surface area contributed by atoms with Crippen molar-refractivity contribution in [1.82, 2.24) is 4.90 Å². The van der Waals surface area contributed by atoms with Crippen LogP contribution in [0.25, 0.3) is 12.2 Å². The number of benzene rings is 2. The van der Waals surface area contributed by atoms with Crippen LogP contribution in [0.2, 0.25) is 0 Å². The van der Waals surface area contributed by atoms with Gasteiger partial charge in [0.2, 0.25) is 0 Å². The molecular formula is C23H19N3O3S. The van der Waals surface area contributed by atoms with E-state index in [0.29, 0.717) is 4.91 Å². The van der Waals surface area contributed by atoms with Gasteiger partial charge in [0.25, 0.3) is 5.91 Å². The van der Waals surface area contributed by atoms with E-state index in [2.05, 4.69) is 10.2 Å². The Bertz CT molecular complexity index is 1040. The molecular weight excluding hydrogens is 398 g/mol.